The number of epoxide rings is 2. The zero-order valence-corrected chi connectivity index (χ0v) is 9.00. The molecule has 3 aliphatic rings. The van der Waals surface area contributed by atoms with Crippen LogP contribution in [0.25, 0.3) is 0 Å². The van der Waals surface area contributed by atoms with Gasteiger partial charge in [-0.15, -0.1) is 0 Å². The molecule has 0 aliphatic carbocycles. The third-order valence-corrected chi connectivity index (χ3v) is 2.57. The Morgan fingerprint density at radius 3 is 1.56 bits per heavy atom. The van der Waals surface area contributed by atoms with Gasteiger partial charge >= 0.3 is 0 Å². The summed E-state index contributed by atoms with van der Waals surface area (Å²) in [4.78, 5) is 0. The first-order valence-electron chi connectivity index (χ1n) is 5.61. The van der Waals surface area contributed by atoms with Crippen LogP contribution in [0, 0.1) is 0 Å². The Hall–Kier alpha value is -0.240. The molecule has 92 valence electrons. The van der Waals surface area contributed by atoms with E-state index in [-0.39, 0.29) is 12.2 Å². The third kappa shape index (κ3) is 3.13. The zero-order chi connectivity index (χ0) is 10.8. The quantitative estimate of drug-likeness (QED) is 0.576. The van der Waals surface area contributed by atoms with Gasteiger partial charge in [0.15, 0.2) is 0 Å². The molecule has 3 saturated heterocycles. The molecular weight excluding hydrogens is 216 g/mol. The molecule has 3 rings (SSSR count). The van der Waals surface area contributed by atoms with Gasteiger partial charge in [-0.1, -0.05) is 0 Å². The van der Waals surface area contributed by atoms with E-state index in [0.29, 0.717) is 26.4 Å². The lowest BCUT2D eigenvalue weighted by Crippen LogP contribution is -2.43. The molecule has 4 atom stereocenters. The van der Waals surface area contributed by atoms with Gasteiger partial charge in [0.2, 0.25) is 12.6 Å². The van der Waals surface area contributed by atoms with Gasteiger partial charge in [0, 0.05) is 0 Å². The Bertz CT molecular complexity index is 203. The van der Waals surface area contributed by atoms with Crippen LogP contribution in [0.4, 0.5) is 0 Å². The number of hydrogen-bond acceptors (Lipinski definition) is 6. The minimum absolute atomic E-state index is 0.220. The summed E-state index contributed by atoms with van der Waals surface area (Å²) < 4.78 is 32.1. The van der Waals surface area contributed by atoms with Gasteiger partial charge in [0.05, 0.1) is 39.6 Å². The smallest absolute Gasteiger partial charge is 0.209 e. The van der Waals surface area contributed by atoms with E-state index >= 15 is 0 Å². The molecule has 6 nitrogen and oxygen atoms in total. The highest BCUT2D eigenvalue weighted by molar-refractivity contribution is 4.71. The summed E-state index contributed by atoms with van der Waals surface area (Å²) in [5, 5.41) is 0. The third-order valence-electron chi connectivity index (χ3n) is 2.57. The molecule has 0 bridgehead atoms. The van der Waals surface area contributed by atoms with Crippen molar-refractivity contribution in [3.63, 3.8) is 0 Å². The van der Waals surface area contributed by atoms with E-state index in [1.165, 1.54) is 0 Å². The molecule has 4 unspecified atom stereocenters. The van der Waals surface area contributed by atoms with Crippen molar-refractivity contribution < 1.29 is 28.4 Å². The fourth-order valence-corrected chi connectivity index (χ4v) is 1.47. The number of hydrogen-bond donors (Lipinski definition) is 0. The van der Waals surface area contributed by atoms with E-state index in [1.54, 1.807) is 0 Å². The second kappa shape index (κ2) is 4.95. The molecule has 0 aromatic carbocycles. The summed E-state index contributed by atoms with van der Waals surface area (Å²) in [6, 6.07) is 0. The van der Waals surface area contributed by atoms with Crippen LogP contribution in [0.3, 0.4) is 0 Å². The SMILES string of the molecule is C1COC(OCC2CO2)C(OCC2CO2)O1. The predicted octanol–water partition coefficient (Wildman–Crippen LogP) is -0.484. The van der Waals surface area contributed by atoms with E-state index in [2.05, 4.69) is 0 Å². The van der Waals surface area contributed by atoms with Gasteiger partial charge in [0.25, 0.3) is 0 Å². The average Bonchev–Trinajstić information content (AvgIpc) is 3.17. The van der Waals surface area contributed by atoms with E-state index in [9.17, 15) is 0 Å². The maximum Gasteiger partial charge on any atom is 0.209 e. The first-order valence-corrected chi connectivity index (χ1v) is 5.61. The molecule has 0 N–H and O–H groups in total. The van der Waals surface area contributed by atoms with E-state index in [4.69, 9.17) is 28.4 Å². The Kier molecular flexibility index (Phi) is 3.37. The van der Waals surface area contributed by atoms with Crippen LogP contribution in [-0.4, -0.2) is 64.4 Å². The standard InChI is InChI=1S/C10H16O6/c1-2-12-10(16-6-8-4-14-8)9(11-1)15-5-7-3-13-7/h7-10H,1-6H2. The lowest BCUT2D eigenvalue weighted by atomic mass is 10.4. The van der Waals surface area contributed by atoms with Gasteiger partial charge in [-0.3, -0.25) is 0 Å². The Balaban J connectivity index is 1.42. The first-order chi connectivity index (χ1) is 7.92. The van der Waals surface area contributed by atoms with Crippen molar-refractivity contribution in [2.45, 2.75) is 24.8 Å². The van der Waals surface area contributed by atoms with Crippen LogP contribution < -0.4 is 0 Å². The zero-order valence-electron chi connectivity index (χ0n) is 9.00. The highest BCUT2D eigenvalue weighted by Gasteiger charge is 2.33. The van der Waals surface area contributed by atoms with Gasteiger partial charge in [-0.05, 0) is 0 Å². The van der Waals surface area contributed by atoms with Crippen LogP contribution in [0.2, 0.25) is 0 Å². The Morgan fingerprint density at radius 1 is 0.750 bits per heavy atom. The van der Waals surface area contributed by atoms with Gasteiger partial charge < -0.3 is 28.4 Å². The van der Waals surface area contributed by atoms with Crippen LogP contribution in [0.15, 0.2) is 0 Å². The van der Waals surface area contributed by atoms with Crippen molar-refractivity contribution >= 4 is 0 Å². The molecule has 0 radical (unpaired) electrons. The van der Waals surface area contributed by atoms with Crippen LogP contribution in [0.5, 0.6) is 0 Å². The second-order valence-electron chi connectivity index (χ2n) is 4.06. The number of ether oxygens (including phenoxy) is 6. The summed E-state index contributed by atoms with van der Waals surface area (Å²) in [5.74, 6) is 0. The maximum absolute atomic E-state index is 5.53. The van der Waals surface area contributed by atoms with Crippen LogP contribution in [0.1, 0.15) is 0 Å². The first kappa shape index (κ1) is 10.9. The Labute approximate surface area is 93.7 Å². The highest BCUT2D eigenvalue weighted by atomic mass is 16.8. The average molecular weight is 232 g/mol. The fourth-order valence-electron chi connectivity index (χ4n) is 1.47. The van der Waals surface area contributed by atoms with Crippen molar-refractivity contribution in [1.82, 2.24) is 0 Å². The van der Waals surface area contributed by atoms with Gasteiger partial charge in [-0.2, -0.15) is 0 Å². The van der Waals surface area contributed by atoms with E-state index in [1.807, 2.05) is 0 Å². The van der Waals surface area contributed by atoms with Gasteiger partial charge in [-0.25, -0.2) is 0 Å². The number of rotatable bonds is 6. The van der Waals surface area contributed by atoms with Crippen molar-refractivity contribution in [1.29, 1.82) is 0 Å². The highest BCUT2D eigenvalue weighted by Crippen LogP contribution is 2.18. The van der Waals surface area contributed by atoms with E-state index < -0.39 is 12.6 Å². The molecule has 16 heavy (non-hydrogen) atoms. The van der Waals surface area contributed by atoms with Crippen molar-refractivity contribution in [2.24, 2.45) is 0 Å². The summed E-state index contributed by atoms with van der Waals surface area (Å²) in [6.07, 6.45) is -0.454. The van der Waals surface area contributed by atoms with Gasteiger partial charge in [0.1, 0.15) is 12.2 Å². The monoisotopic (exact) mass is 232 g/mol. The lowest BCUT2D eigenvalue weighted by molar-refractivity contribution is -0.321. The molecule has 0 amide bonds. The predicted molar refractivity (Wildman–Crippen MR) is 50.9 cm³/mol. The van der Waals surface area contributed by atoms with Crippen molar-refractivity contribution in [3.8, 4) is 0 Å². The minimum atomic E-state index is -0.448. The van der Waals surface area contributed by atoms with Crippen LogP contribution >= 0.6 is 0 Å². The van der Waals surface area contributed by atoms with E-state index in [0.717, 1.165) is 13.2 Å². The molecule has 0 aromatic rings. The van der Waals surface area contributed by atoms with Crippen LogP contribution in [-0.2, 0) is 28.4 Å². The molecule has 0 saturated carbocycles. The largest absolute Gasteiger partial charge is 0.371 e. The molecule has 3 heterocycles. The molecular formula is C10H16O6. The topological polar surface area (TPSA) is 62.0 Å². The summed E-state index contributed by atoms with van der Waals surface area (Å²) in [5.41, 5.74) is 0. The van der Waals surface area contributed by atoms with Crippen molar-refractivity contribution in [3.05, 3.63) is 0 Å². The molecule has 3 fully saturated rings. The molecule has 0 spiro atoms. The summed E-state index contributed by atoms with van der Waals surface area (Å²) in [7, 11) is 0. The second-order valence-corrected chi connectivity index (χ2v) is 4.06. The molecule has 6 heteroatoms. The lowest BCUT2D eigenvalue weighted by Gasteiger charge is -2.31. The maximum atomic E-state index is 5.53. The molecule has 0 aromatic heterocycles. The summed E-state index contributed by atoms with van der Waals surface area (Å²) >= 11 is 0. The normalized spacial score (nSPS) is 42.0. The Morgan fingerprint density at radius 2 is 1.19 bits per heavy atom. The fraction of sp³-hybridized carbons (Fsp3) is 1.00. The summed E-state index contributed by atoms with van der Waals surface area (Å²) in [6.45, 7) is 3.69. The minimum Gasteiger partial charge on any atom is -0.371 e. The molecule has 3 aliphatic heterocycles. The van der Waals surface area contributed by atoms with Crippen molar-refractivity contribution in [2.75, 3.05) is 39.6 Å².